The lowest BCUT2D eigenvalue weighted by Crippen LogP contribution is -2.39. The molecule has 4 nitrogen and oxygen atoms in total. The highest BCUT2D eigenvalue weighted by atomic mass is 35.5. The number of nitrogens with zero attached hydrogens (tertiary/aromatic N) is 1. The van der Waals surface area contributed by atoms with Crippen molar-refractivity contribution in [1.29, 1.82) is 0 Å². The smallest absolute Gasteiger partial charge is 0.239 e. The van der Waals surface area contributed by atoms with Crippen molar-refractivity contribution in [1.82, 2.24) is 10.6 Å². The largest absolute Gasteiger partial charge is 0.364 e. The zero-order valence-electron chi connectivity index (χ0n) is 12.0. The quantitative estimate of drug-likeness (QED) is 0.840. The van der Waals surface area contributed by atoms with Crippen molar-refractivity contribution in [3.8, 4) is 0 Å². The van der Waals surface area contributed by atoms with Crippen molar-refractivity contribution in [2.24, 2.45) is 0 Å². The number of hydrogen-bond donors (Lipinski definition) is 2. The fourth-order valence-corrected chi connectivity index (χ4v) is 2.32. The Morgan fingerprint density at radius 1 is 1.42 bits per heavy atom. The summed E-state index contributed by atoms with van der Waals surface area (Å²) in [5, 5.41) is 6.64. The third-order valence-corrected chi connectivity index (χ3v) is 2.95. The van der Waals surface area contributed by atoms with E-state index in [2.05, 4.69) is 10.6 Å². The number of anilines is 1. The third-order valence-electron chi connectivity index (χ3n) is 2.65. The zero-order valence-corrected chi connectivity index (χ0v) is 12.7. The number of para-hydroxylation sites is 1. The summed E-state index contributed by atoms with van der Waals surface area (Å²) < 4.78 is 0. The van der Waals surface area contributed by atoms with E-state index in [1.807, 2.05) is 51.0 Å². The highest BCUT2D eigenvalue weighted by Gasteiger charge is 2.14. The highest BCUT2D eigenvalue weighted by molar-refractivity contribution is 6.33. The normalized spacial score (nSPS) is 10.6. The number of rotatable bonds is 6. The number of nitrogens with one attached hydrogen (secondary N) is 2. The average molecular weight is 284 g/mol. The first kappa shape index (κ1) is 15.8. The summed E-state index contributed by atoms with van der Waals surface area (Å²) in [7, 11) is 3.76. The molecule has 0 heterocycles. The van der Waals surface area contributed by atoms with Crippen LogP contribution in [-0.2, 0) is 11.3 Å². The maximum Gasteiger partial charge on any atom is 0.239 e. The Morgan fingerprint density at radius 2 is 2.11 bits per heavy atom. The summed E-state index contributed by atoms with van der Waals surface area (Å²) in [4.78, 5) is 13.7. The van der Waals surface area contributed by atoms with Crippen molar-refractivity contribution in [2.75, 3.05) is 25.5 Å². The van der Waals surface area contributed by atoms with Gasteiger partial charge >= 0.3 is 0 Å². The third kappa shape index (κ3) is 4.73. The number of likely N-dealkylation sites (N-methyl/N-ethyl adjacent to an activating group) is 1. The maximum absolute atomic E-state index is 11.8. The van der Waals surface area contributed by atoms with E-state index in [0.717, 1.165) is 11.3 Å². The molecule has 0 spiro atoms. The summed E-state index contributed by atoms with van der Waals surface area (Å²) in [6, 6.07) is 5.91. The predicted octanol–water partition coefficient (Wildman–Crippen LogP) is 2.02. The van der Waals surface area contributed by atoms with Gasteiger partial charge in [-0.1, -0.05) is 23.7 Å². The van der Waals surface area contributed by atoms with Crippen LogP contribution in [-0.4, -0.2) is 32.6 Å². The minimum absolute atomic E-state index is 0.00664. The lowest BCUT2D eigenvalue weighted by molar-refractivity contribution is -0.120. The van der Waals surface area contributed by atoms with Crippen molar-refractivity contribution in [3.05, 3.63) is 28.8 Å². The molecule has 0 fully saturated rings. The number of hydrogen-bond acceptors (Lipinski definition) is 3. The van der Waals surface area contributed by atoms with Gasteiger partial charge in [0.1, 0.15) is 0 Å². The van der Waals surface area contributed by atoms with Crippen LogP contribution in [0.25, 0.3) is 0 Å². The Morgan fingerprint density at radius 3 is 2.68 bits per heavy atom. The van der Waals surface area contributed by atoms with Gasteiger partial charge in [-0.2, -0.15) is 0 Å². The summed E-state index contributed by atoms with van der Waals surface area (Å²) >= 11 is 6.25. The molecule has 1 aromatic rings. The Kier molecular flexibility index (Phi) is 6.12. The van der Waals surface area contributed by atoms with E-state index in [9.17, 15) is 4.79 Å². The van der Waals surface area contributed by atoms with E-state index in [4.69, 9.17) is 11.6 Å². The Hall–Kier alpha value is -1.26. The molecule has 2 N–H and O–H groups in total. The Labute approximate surface area is 120 Å². The van der Waals surface area contributed by atoms with Crippen LogP contribution in [0.2, 0.25) is 5.02 Å². The average Bonchev–Trinajstić information content (AvgIpc) is 2.27. The molecule has 0 aliphatic carbocycles. The number of halogens is 1. The van der Waals surface area contributed by atoms with Crippen molar-refractivity contribution in [2.45, 2.75) is 26.4 Å². The molecule has 0 atom stereocenters. The molecule has 1 aromatic carbocycles. The highest BCUT2D eigenvalue weighted by Crippen LogP contribution is 2.28. The van der Waals surface area contributed by atoms with Gasteiger partial charge < -0.3 is 15.5 Å². The summed E-state index contributed by atoms with van der Waals surface area (Å²) in [6.45, 7) is 4.89. The molecular formula is C14H22ClN3O. The molecule has 0 aliphatic rings. The Balaban J connectivity index is 2.86. The number of benzene rings is 1. The molecule has 0 saturated carbocycles. The van der Waals surface area contributed by atoms with Crippen LogP contribution in [0.3, 0.4) is 0 Å². The van der Waals surface area contributed by atoms with Gasteiger partial charge in [-0.3, -0.25) is 4.79 Å². The fourth-order valence-electron chi connectivity index (χ4n) is 1.98. The van der Waals surface area contributed by atoms with E-state index in [1.54, 1.807) is 0 Å². The lowest BCUT2D eigenvalue weighted by atomic mass is 10.1. The number of carbonyl (C=O) groups is 1. The zero-order chi connectivity index (χ0) is 14.4. The van der Waals surface area contributed by atoms with Gasteiger partial charge in [0.05, 0.1) is 17.3 Å². The van der Waals surface area contributed by atoms with Gasteiger partial charge in [0.25, 0.3) is 0 Å². The molecule has 0 radical (unpaired) electrons. The van der Waals surface area contributed by atoms with Gasteiger partial charge in [0.2, 0.25) is 5.91 Å². The summed E-state index contributed by atoms with van der Waals surface area (Å²) in [6.07, 6.45) is 0. The first-order valence-electron chi connectivity index (χ1n) is 6.38. The number of carbonyl (C=O) groups excluding carboxylic acids is 1. The molecule has 19 heavy (non-hydrogen) atoms. The molecule has 5 heteroatoms. The molecule has 0 aliphatic heterocycles. The molecule has 106 valence electrons. The van der Waals surface area contributed by atoms with E-state index >= 15 is 0 Å². The molecule has 0 bridgehead atoms. The summed E-state index contributed by atoms with van der Waals surface area (Å²) in [5.41, 5.74) is 1.98. The standard InChI is InChI=1S/C14H22ClN3O/c1-10(2)17-13(19)9-18(4)14-11(8-16-3)6-5-7-12(14)15/h5-7,10,16H,8-9H2,1-4H3,(H,17,19). The first-order chi connectivity index (χ1) is 8.95. The van der Waals surface area contributed by atoms with Gasteiger partial charge in [-0.25, -0.2) is 0 Å². The topological polar surface area (TPSA) is 44.4 Å². The summed E-state index contributed by atoms with van der Waals surface area (Å²) in [5.74, 6) is -0.00664. The maximum atomic E-state index is 11.8. The van der Waals surface area contributed by atoms with Crippen molar-refractivity contribution < 1.29 is 4.79 Å². The van der Waals surface area contributed by atoms with Gasteiger partial charge in [0, 0.05) is 19.6 Å². The lowest BCUT2D eigenvalue weighted by Gasteiger charge is -2.23. The van der Waals surface area contributed by atoms with Crippen molar-refractivity contribution >= 4 is 23.2 Å². The minimum atomic E-state index is -0.00664. The molecule has 0 saturated heterocycles. The molecule has 1 rings (SSSR count). The van der Waals surface area contributed by atoms with Crippen LogP contribution in [0, 0.1) is 0 Å². The van der Waals surface area contributed by atoms with Crippen LogP contribution >= 0.6 is 11.6 Å². The van der Waals surface area contributed by atoms with Crippen molar-refractivity contribution in [3.63, 3.8) is 0 Å². The second-order valence-electron chi connectivity index (χ2n) is 4.86. The van der Waals surface area contributed by atoms with E-state index in [0.29, 0.717) is 18.1 Å². The van der Waals surface area contributed by atoms with Gasteiger partial charge in [-0.05, 0) is 32.5 Å². The van der Waals surface area contributed by atoms with E-state index < -0.39 is 0 Å². The minimum Gasteiger partial charge on any atom is -0.364 e. The van der Waals surface area contributed by atoms with E-state index in [1.165, 1.54) is 0 Å². The van der Waals surface area contributed by atoms with Gasteiger partial charge in [0.15, 0.2) is 0 Å². The molecule has 1 amide bonds. The van der Waals surface area contributed by atoms with Crippen LogP contribution < -0.4 is 15.5 Å². The molecule has 0 unspecified atom stereocenters. The van der Waals surface area contributed by atoms with Crippen LogP contribution in [0.15, 0.2) is 18.2 Å². The van der Waals surface area contributed by atoms with Crippen LogP contribution in [0.4, 0.5) is 5.69 Å². The molecule has 0 aromatic heterocycles. The number of amides is 1. The van der Waals surface area contributed by atoms with Crippen LogP contribution in [0.5, 0.6) is 0 Å². The van der Waals surface area contributed by atoms with E-state index in [-0.39, 0.29) is 11.9 Å². The monoisotopic (exact) mass is 283 g/mol. The first-order valence-corrected chi connectivity index (χ1v) is 6.76. The molecular weight excluding hydrogens is 262 g/mol. The Bertz CT molecular complexity index is 435. The SMILES string of the molecule is CNCc1cccc(Cl)c1N(C)CC(=O)NC(C)C. The fraction of sp³-hybridized carbons (Fsp3) is 0.500. The van der Waals surface area contributed by atoms with Gasteiger partial charge in [-0.15, -0.1) is 0 Å². The predicted molar refractivity (Wildman–Crippen MR) is 80.8 cm³/mol. The second kappa shape index (κ2) is 7.36. The second-order valence-corrected chi connectivity index (χ2v) is 5.26. The van der Waals surface area contributed by atoms with Crippen LogP contribution in [0.1, 0.15) is 19.4 Å².